The molecule has 16 heavy (non-hydrogen) atoms. The van der Waals surface area contributed by atoms with Gasteiger partial charge in [-0.25, -0.2) is 0 Å². The van der Waals surface area contributed by atoms with Gasteiger partial charge in [0, 0.05) is 6.92 Å². The van der Waals surface area contributed by atoms with Crippen LogP contribution in [0.1, 0.15) is 67.7 Å². The number of carbonyl (C=O) groups is 2. The molecule has 0 radical (unpaired) electrons. The molecule has 3 nitrogen and oxygen atoms in total. The van der Waals surface area contributed by atoms with Gasteiger partial charge in [0.1, 0.15) is 0 Å². The number of esters is 1. The predicted molar refractivity (Wildman–Crippen MR) is 68.5 cm³/mol. The van der Waals surface area contributed by atoms with E-state index in [4.69, 9.17) is 0 Å². The fourth-order valence-corrected chi connectivity index (χ4v) is 0.654. The second kappa shape index (κ2) is 16.6. The van der Waals surface area contributed by atoms with E-state index in [1.807, 2.05) is 13.8 Å². The zero-order valence-electron chi connectivity index (χ0n) is 11.9. The van der Waals surface area contributed by atoms with Crippen LogP contribution < -0.4 is 0 Å². The molecule has 1 atom stereocenters. The highest BCUT2D eigenvalue weighted by Gasteiger charge is 2.13. The van der Waals surface area contributed by atoms with Gasteiger partial charge in [-0.05, 0) is 13.3 Å². The van der Waals surface area contributed by atoms with Crippen molar-refractivity contribution in [2.24, 2.45) is 0 Å². The van der Waals surface area contributed by atoms with E-state index in [0.29, 0.717) is 6.42 Å². The van der Waals surface area contributed by atoms with Crippen LogP contribution in [0.15, 0.2) is 0 Å². The van der Waals surface area contributed by atoms with E-state index in [-0.39, 0.29) is 5.78 Å². The van der Waals surface area contributed by atoms with Crippen LogP contribution in [0.3, 0.4) is 0 Å². The molecule has 0 saturated heterocycles. The highest BCUT2D eigenvalue weighted by Crippen LogP contribution is 1.98. The van der Waals surface area contributed by atoms with Gasteiger partial charge in [0.05, 0.1) is 0 Å². The SMILES string of the molecule is CC.CCC(OC(C)=O)C(C)=O.CCCC. The minimum atomic E-state index is -0.544. The number of unbranched alkanes of at least 4 members (excludes halogenated alkanes) is 1. The third-order valence-electron chi connectivity index (χ3n) is 1.63. The van der Waals surface area contributed by atoms with Crippen molar-refractivity contribution < 1.29 is 14.3 Å². The topological polar surface area (TPSA) is 43.4 Å². The van der Waals surface area contributed by atoms with Gasteiger partial charge in [-0.1, -0.05) is 47.5 Å². The molecule has 0 aromatic heterocycles. The molecule has 0 N–H and O–H groups in total. The molecule has 0 rings (SSSR count). The highest BCUT2D eigenvalue weighted by atomic mass is 16.5. The molecule has 0 bridgehead atoms. The van der Waals surface area contributed by atoms with E-state index in [1.165, 1.54) is 26.7 Å². The van der Waals surface area contributed by atoms with Crippen LogP contribution in [0.4, 0.5) is 0 Å². The number of hydrogen-bond donors (Lipinski definition) is 0. The molecule has 0 fully saturated rings. The Morgan fingerprint density at radius 2 is 1.38 bits per heavy atom. The second-order valence-corrected chi connectivity index (χ2v) is 3.12. The molecule has 0 aromatic rings. The lowest BCUT2D eigenvalue weighted by Crippen LogP contribution is -2.22. The van der Waals surface area contributed by atoms with Crippen LogP contribution in [-0.4, -0.2) is 17.9 Å². The molecule has 0 saturated carbocycles. The Labute approximate surface area is 101 Å². The number of ether oxygens (including phenoxy) is 1. The van der Waals surface area contributed by atoms with Crippen molar-refractivity contribution in [1.82, 2.24) is 0 Å². The summed E-state index contributed by atoms with van der Waals surface area (Å²) in [6, 6.07) is 0. The Morgan fingerprint density at radius 3 is 1.44 bits per heavy atom. The quantitative estimate of drug-likeness (QED) is 0.693. The van der Waals surface area contributed by atoms with Gasteiger partial charge in [-0.15, -0.1) is 0 Å². The lowest BCUT2D eigenvalue weighted by Gasteiger charge is -2.09. The Balaban J connectivity index is -0.000000237. The molecule has 1 unspecified atom stereocenters. The first-order valence-corrected chi connectivity index (χ1v) is 6.17. The van der Waals surface area contributed by atoms with Crippen LogP contribution in [0.25, 0.3) is 0 Å². The number of carbonyl (C=O) groups excluding carboxylic acids is 2. The molecule has 98 valence electrons. The molecule has 0 spiro atoms. The van der Waals surface area contributed by atoms with E-state index < -0.39 is 12.1 Å². The maximum atomic E-state index is 10.6. The number of rotatable bonds is 4. The average Bonchev–Trinajstić information content (AvgIpc) is 2.28. The van der Waals surface area contributed by atoms with Crippen molar-refractivity contribution in [2.75, 3.05) is 0 Å². The summed E-state index contributed by atoms with van der Waals surface area (Å²) in [6.07, 6.45) is 2.65. The third-order valence-corrected chi connectivity index (χ3v) is 1.63. The van der Waals surface area contributed by atoms with E-state index >= 15 is 0 Å². The molecule has 3 heteroatoms. The summed E-state index contributed by atoms with van der Waals surface area (Å²) in [4.78, 5) is 21.0. The van der Waals surface area contributed by atoms with Gasteiger partial charge in [0.2, 0.25) is 0 Å². The first kappa shape index (κ1) is 20.5. The van der Waals surface area contributed by atoms with Gasteiger partial charge >= 0.3 is 5.97 Å². The Kier molecular flexibility index (Phi) is 21.3. The maximum Gasteiger partial charge on any atom is 0.303 e. The van der Waals surface area contributed by atoms with Crippen LogP contribution in [0.5, 0.6) is 0 Å². The van der Waals surface area contributed by atoms with E-state index in [9.17, 15) is 9.59 Å². The smallest absolute Gasteiger partial charge is 0.303 e. The second-order valence-electron chi connectivity index (χ2n) is 3.12. The fourth-order valence-electron chi connectivity index (χ4n) is 0.654. The number of hydrogen-bond acceptors (Lipinski definition) is 3. The molecule has 0 aliphatic rings. The average molecular weight is 232 g/mol. The Hall–Kier alpha value is -0.860. The van der Waals surface area contributed by atoms with Gasteiger partial charge in [-0.2, -0.15) is 0 Å². The van der Waals surface area contributed by atoms with E-state index in [1.54, 1.807) is 6.92 Å². The number of Topliss-reactive ketones (excluding diaryl/α,β-unsaturated/α-hetero) is 1. The van der Waals surface area contributed by atoms with Gasteiger partial charge in [0.25, 0.3) is 0 Å². The van der Waals surface area contributed by atoms with Crippen LogP contribution in [-0.2, 0) is 14.3 Å². The van der Waals surface area contributed by atoms with Crippen LogP contribution in [0.2, 0.25) is 0 Å². The zero-order chi connectivity index (χ0) is 13.6. The van der Waals surface area contributed by atoms with Gasteiger partial charge in [0.15, 0.2) is 11.9 Å². The molecule has 0 amide bonds. The molecule has 0 aliphatic carbocycles. The maximum absolute atomic E-state index is 10.6. The van der Waals surface area contributed by atoms with Crippen molar-refractivity contribution >= 4 is 11.8 Å². The van der Waals surface area contributed by atoms with E-state index in [0.717, 1.165) is 0 Å². The van der Waals surface area contributed by atoms with Crippen molar-refractivity contribution in [2.45, 2.75) is 73.8 Å². The predicted octanol–water partition coefficient (Wildman–Crippen LogP) is 3.75. The van der Waals surface area contributed by atoms with Crippen molar-refractivity contribution in [3.63, 3.8) is 0 Å². The summed E-state index contributed by atoms with van der Waals surface area (Å²) in [5.74, 6) is -0.500. The summed E-state index contributed by atoms with van der Waals surface area (Å²) < 4.78 is 4.67. The minimum absolute atomic E-state index is 0.0994. The molecular formula is C13H28O3. The molecular weight excluding hydrogens is 204 g/mol. The summed E-state index contributed by atoms with van der Waals surface area (Å²) in [5.41, 5.74) is 0. The van der Waals surface area contributed by atoms with E-state index in [2.05, 4.69) is 18.6 Å². The largest absolute Gasteiger partial charge is 0.455 e. The summed E-state index contributed by atoms with van der Waals surface area (Å²) in [7, 11) is 0. The van der Waals surface area contributed by atoms with Gasteiger partial charge < -0.3 is 4.74 Å². The summed E-state index contributed by atoms with van der Waals surface area (Å²) in [5, 5.41) is 0. The summed E-state index contributed by atoms with van der Waals surface area (Å²) >= 11 is 0. The molecule has 0 aromatic carbocycles. The van der Waals surface area contributed by atoms with Gasteiger partial charge in [-0.3, -0.25) is 9.59 Å². The van der Waals surface area contributed by atoms with Crippen molar-refractivity contribution in [3.8, 4) is 0 Å². The highest BCUT2D eigenvalue weighted by molar-refractivity contribution is 5.82. The Bertz CT molecular complexity index is 163. The molecule has 0 heterocycles. The first-order chi connectivity index (χ1) is 7.49. The minimum Gasteiger partial charge on any atom is -0.455 e. The lowest BCUT2D eigenvalue weighted by atomic mass is 10.2. The zero-order valence-corrected chi connectivity index (χ0v) is 11.9. The lowest BCUT2D eigenvalue weighted by molar-refractivity contribution is -0.152. The van der Waals surface area contributed by atoms with Crippen molar-refractivity contribution in [3.05, 3.63) is 0 Å². The third kappa shape index (κ3) is 18.8. The summed E-state index contributed by atoms with van der Waals surface area (Å²) in [6.45, 7) is 12.9. The number of ketones is 1. The standard InChI is InChI=1S/C7H12O3.C4H10.C2H6/c1-4-7(5(2)8)10-6(3)9;1-3-4-2;1-2/h7H,4H2,1-3H3;3-4H2,1-2H3;1-2H3. The van der Waals surface area contributed by atoms with Crippen LogP contribution >= 0.6 is 0 Å². The van der Waals surface area contributed by atoms with Crippen molar-refractivity contribution in [1.29, 1.82) is 0 Å². The normalized spacial score (nSPS) is 9.94. The van der Waals surface area contributed by atoms with Crippen LogP contribution in [0, 0.1) is 0 Å². The first-order valence-electron chi connectivity index (χ1n) is 6.17. The fraction of sp³-hybridized carbons (Fsp3) is 0.846. The Morgan fingerprint density at radius 1 is 1.00 bits per heavy atom. The molecule has 0 aliphatic heterocycles. The monoisotopic (exact) mass is 232 g/mol.